The van der Waals surface area contributed by atoms with Crippen molar-refractivity contribution in [1.29, 1.82) is 0 Å². The summed E-state index contributed by atoms with van der Waals surface area (Å²) in [5, 5.41) is 24.9. The molecule has 2 aliphatic rings. The van der Waals surface area contributed by atoms with Crippen LogP contribution in [0.4, 0.5) is 15.4 Å². The highest BCUT2D eigenvalue weighted by molar-refractivity contribution is 7.53. The minimum atomic E-state index is -4.27. The minimum absolute atomic E-state index is 0.0433. The standard InChI is InChI=1S/C26H39ClN5O14P/c1-3-8-40-25(35)42-13-44-47(37,45-14-43-26(36)41-10-9-38-2)15-39-11-17-19(33)20(34)23(46-17)32-12-28-18-21(29-16-6-4-5-7-16)30-24(27)31-22(18)32/h12,16-17,19-20,23,33-34H,3-11,13-15H2,1-2H3,(H,29,30,31)/t17-,19-,20-,23-,47?/m1/s1. The third-order valence-electron chi connectivity index (χ3n) is 7.02. The molecule has 264 valence electrons. The Bertz CT molecular complexity index is 1360. The maximum Gasteiger partial charge on any atom is 0.510 e. The Morgan fingerprint density at radius 3 is 2.38 bits per heavy atom. The first-order valence-electron chi connectivity index (χ1n) is 14.9. The molecule has 2 aromatic rings. The molecule has 1 unspecified atom stereocenters. The number of halogens is 1. The number of aromatic nitrogens is 4. The summed E-state index contributed by atoms with van der Waals surface area (Å²) in [4.78, 5) is 36.2. The molecule has 2 aromatic heterocycles. The summed E-state index contributed by atoms with van der Waals surface area (Å²) in [5.74, 6) is 0.448. The van der Waals surface area contributed by atoms with E-state index in [1.807, 2.05) is 0 Å². The number of rotatable bonds is 18. The van der Waals surface area contributed by atoms with Gasteiger partial charge in [-0.05, 0) is 30.9 Å². The first-order valence-corrected chi connectivity index (χ1v) is 17.0. The largest absolute Gasteiger partial charge is 0.510 e. The molecule has 5 atom stereocenters. The van der Waals surface area contributed by atoms with Gasteiger partial charge in [0, 0.05) is 13.2 Å². The molecule has 0 amide bonds. The Hall–Kier alpha value is -2.87. The molecule has 1 aliphatic carbocycles. The van der Waals surface area contributed by atoms with Crippen molar-refractivity contribution in [2.75, 3.05) is 58.8 Å². The van der Waals surface area contributed by atoms with Gasteiger partial charge in [-0.15, -0.1) is 0 Å². The maximum absolute atomic E-state index is 13.3. The lowest BCUT2D eigenvalue weighted by Gasteiger charge is -2.20. The summed E-state index contributed by atoms with van der Waals surface area (Å²) in [7, 11) is -2.85. The van der Waals surface area contributed by atoms with Crippen LogP contribution in [0.5, 0.6) is 0 Å². The second-order valence-electron chi connectivity index (χ2n) is 10.4. The Morgan fingerprint density at radius 2 is 1.72 bits per heavy atom. The number of aliphatic hydroxyl groups is 2. The molecular formula is C26H39ClN5O14P. The van der Waals surface area contributed by atoms with Crippen molar-refractivity contribution in [3.8, 4) is 0 Å². The molecule has 47 heavy (non-hydrogen) atoms. The van der Waals surface area contributed by atoms with E-state index in [4.69, 9.17) is 53.8 Å². The number of ether oxygens (including phenoxy) is 7. The summed E-state index contributed by atoms with van der Waals surface area (Å²) in [5.41, 5.74) is 0.681. The highest BCUT2D eigenvalue weighted by Gasteiger charge is 2.45. The van der Waals surface area contributed by atoms with E-state index in [1.54, 1.807) is 6.92 Å². The molecule has 19 nitrogen and oxygen atoms in total. The predicted octanol–water partition coefficient (Wildman–Crippen LogP) is 2.93. The van der Waals surface area contributed by atoms with Crippen molar-refractivity contribution in [3.63, 3.8) is 0 Å². The molecule has 1 saturated heterocycles. The monoisotopic (exact) mass is 711 g/mol. The average Bonchev–Trinajstić information content (AvgIpc) is 3.77. The summed E-state index contributed by atoms with van der Waals surface area (Å²) >= 11 is 6.21. The zero-order valence-corrected chi connectivity index (χ0v) is 27.5. The minimum Gasteiger partial charge on any atom is -0.434 e. The topological polar surface area (TPSA) is 230 Å². The average molecular weight is 712 g/mol. The maximum atomic E-state index is 13.3. The van der Waals surface area contributed by atoms with Crippen LogP contribution >= 0.6 is 19.2 Å². The van der Waals surface area contributed by atoms with Gasteiger partial charge in [-0.3, -0.25) is 18.2 Å². The van der Waals surface area contributed by atoms with Gasteiger partial charge in [0.15, 0.2) is 23.2 Å². The Labute approximate surface area is 274 Å². The number of anilines is 1. The van der Waals surface area contributed by atoms with Crippen LogP contribution in [-0.2, 0) is 46.8 Å². The Morgan fingerprint density at radius 1 is 1.04 bits per heavy atom. The number of fused-ring (bicyclic) bond motifs is 1. The van der Waals surface area contributed by atoms with Crippen molar-refractivity contribution in [3.05, 3.63) is 11.6 Å². The van der Waals surface area contributed by atoms with Crippen molar-refractivity contribution >= 4 is 48.5 Å². The third-order valence-corrected chi connectivity index (χ3v) is 8.68. The number of imidazole rings is 1. The smallest absolute Gasteiger partial charge is 0.434 e. The van der Waals surface area contributed by atoms with Crippen molar-refractivity contribution in [1.82, 2.24) is 19.5 Å². The summed E-state index contributed by atoms with van der Waals surface area (Å²) in [6, 6.07) is 0.220. The highest BCUT2D eigenvalue weighted by Crippen LogP contribution is 2.48. The molecule has 0 spiro atoms. The van der Waals surface area contributed by atoms with Crippen molar-refractivity contribution < 1.29 is 66.6 Å². The predicted molar refractivity (Wildman–Crippen MR) is 159 cm³/mol. The number of carbonyl (C=O) groups excluding carboxylic acids is 2. The van der Waals surface area contributed by atoms with Gasteiger partial charge in [0.2, 0.25) is 18.9 Å². The number of nitrogens with one attached hydrogen (secondary N) is 1. The summed E-state index contributed by atoms with van der Waals surface area (Å²) in [6.07, 6.45) is -2.01. The van der Waals surface area contributed by atoms with E-state index in [-0.39, 0.29) is 36.8 Å². The lowest BCUT2D eigenvalue weighted by molar-refractivity contribution is -0.0649. The highest BCUT2D eigenvalue weighted by atomic mass is 35.5. The van der Waals surface area contributed by atoms with Crippen LogP contribution in [-0.4, -0.2) is 120 Å². The van der Waals surface area contributed by atoms with Crippen LogP contribution in [0.25, 0.3) is 11.2 Å². The molecule has 1 saturated carbocycles. The molecule has 0 aromatic carbocycles. The second kappa shape index (κ2) is 18.0. The van der Waals surface area contributed by atoms with Gasteiger partial charge in [-0.2, -0.15) is 9.97 Å². The van der Waals surface area contributed by atoms with Crippen LogP contribution in [0, 0.1) is 0 Å². The molecule has 21 heteroatoms. The van der Waals surface area contributed by atoms with Gasteiger partial charge in [0.25, 0.3) is 0 Å². The molecule has 0 bridgehead atoms. The lowest BCUT2D eigenvalue weighted by Crippen LogP contribution is -2.34. The summed E-state index contributed by atoms with van der Waals surface area (Å²) in [6.45, 7) is -0.210. The third kappa shape index (κ3) is 10.6. The zero-order valence-electron chi connectivity index (χ0n) is 25.9. The number of carbonyl (C=O) groups is 2. The second-order valence-corrected chi connectivity index (χ2v) is 12.8. The Kier molecular flexibility index (Phi) is 14.2. The van der Waals surface area contributed by atoms with Gasteiger partial charge in [0.1, 0.15) is 31.3 Å². The quantitative estimate of drug-likeness (QED) is 0.0663. The van der Waals surface area contributed by atoms with Gasteiger partial charge < -0.3 is 48.7 Å². The van der Waals surface area contributed by atoms with E-state index in [9.17, 15) is 24.4 Å². The van der Waals surface area contributed by atoms with Crippen molar-refractivity contribution in [2.45, 2.75) is 69.6 Å². The molecule has 2 fully saturated rings. The van der Waals surface area contributed by atoms with E-state index in [0.29, 0.717) is 17.8 Å². The van der Waals surface area contributed by atoms with E-state index >= 15 is 0 Å². The van der Waals surface area contributed by atoms with Gasteiger partial charge in [-0.25, -0.2) is 14.6 Å². The molecule has 3 heterocycles. The van der Waals surface area contributed by atoms with Gasteiger partial charge >= 0.3 is 19.9 Å². The molecule has 0 radical (unpaired) electrons. The first-order chi connectivity index (χ1) is 22.6. The van der Waals surface area contributed by atoms with Crippen LogP contribution in [0.1, 0.15) is 45.3 Å². The Balaban J connectivity index is 1.36. The number of aliphatic hydroxyl groups excluding tert-OH is 2. The molecule has 3 N–H and O–H groups in total. The van der Waals surface area contributed by atoms with Crippen LogP contribution in [0.3, 0.4) is 0 Å². The first kappa shape index (κ1) is 37.0. The van der Waals surface area contributed by atoms with Crippen LogP contribution in [0.15, 0.2) is 6.33 Å². The summed E-state index contributed by atoms with van der Waals surface area (Å²) < 4.78 is 60.0. The van der Waals surface area contributed by atoms with E-state index in [1.165, 1.54) is 18.0 Å². The fourth-order valence-electron chi connectivity index (χ4n) is 4.72. The molecular weight excluding hydrogens is 673 g/mol. The van der Waals surface area contributed by atoms with E-state index < -0.39 is 71.0 Å². The van der Waals surface area contributed by atoms with Gasteiger partial charge in [-0.1, -0.05) is 19.8 Å². The molecule has 1 aliphatic heterocycles. The number of hydrogen-bond acceptors (Lipinski definition) is 18. The van der Waals surface area contributed by atoms with Crippen LogP contribution in [0.2, 0.25) is 5.28 Å². The van der Waals surface area contributed by atoms with Crippen LogP contribution < -0.4 is 5.32 Å². The number of nitrogens with zero attached hydrogens (tertiary/aromatic N) is 4. The van der Waals surface area contributed by atoms with E-state index in [0.717, 1.165) is 25.7 Å². The number of hydrogen-bond donors (Lipinski definition) is 3. The lowest BCUT2D eigenvalue weighted by atomic mass is 10.1. The van der Waals surface area contributed by atoms with Gasteiger partial charge in [0.05, 0.1) is 26.1 Å². The molecule has 4 rings (SSSR count). The fraction of sp³-hybridized carbons (Fsp3) is 0.731. The SMILES string of the molecule is CCCOC(=O)OCOP(=O)(COC[C@H]1O[C@@H](n2cnc3c(NC4CCCC4)nc(Cl)nc32)[C@H](O)[C@@H]1O)OCOC(=O)OCCOC. The zero-order chi connectivity index (χ0) is 33.8. The fourth-order valence-corrected chi connectivity index (χ4v) is 5.86. The van der Waals surface area contributed by atoms with E-state index in [2.05, 4.69) is 20.3 Å². The van der Waals surface area contributed by atoms with Crippen molar-refractivity contribution in [2.24, 2.45) is 0 Å². The normalized spacial score (nSPS) is 22.7. The number of methoxy groups -OCH3 is 1.